The fraction of sp³-hybridized carbons (Fsp3) is 0.250. The lowest BCUT2D eigenvalue weighted by Gasteiger charge is -2.10. The summed E-state index contributed by atoms with van der Waals surface area (Å²) in [5.74, 6) is -0.796. The first-order chi connectivity index (χ1) is 16.2. The number of aromatic nitrogens is 2. The molecule has 1 aromatic heterocycles. The summed E-state index contributed by atoms with van der Waals surface area (Å²) in [6, 6.07) is 9.79. The summed E-state index contributed by atoms with van der Waals surface area (Å²) in [5, 5.41) is 2.66. The van der Waals surface area contributed by atoms with Gasteiger partial charge in [0.1, 0.15) is 29.5 Å². The molecule has 34 heavy (non-hydrogen) atoms. The molecule has 6 nitrogen and oxygen atoms in total. The van der Waals surface area contributed by atoms with E-state index in [1.165, 1.54) is 36.7 Å². The topological polar surface area (TPSA) is 81.2 Å². The third-order valence-corrected chi connectivity index (χ3v) is 5.13. The number of rotatable bonds is 8. The highest BCUT2D eigenvalue weighted by Gasteiger charge is 2.31. The van der Waals surface area contributed by atoms with Crippen LogP contribution >= 0.6 is 0 Å². The van der Waals surface area contributed by atoms with Gasteiger partial charge in [0.2, 0.25) is 11.8 Å². The molecule has 0 saturated heterocycles. The van der Waals surface area contributed by atoms with Crippen LogP contribution < -0.4 is 10.1 Å². The van der Waals surface area contributed by atoms with E-state index in [0.29, 0.717) is 0 Å². The van der Waals surface area contributed by atoms with Gasteiger partial charge in [0, 0.05) is 30.9 Å². The van der Waals surface area contributed by atoms with Gasteiger partial charge in [-0.2, -0.15) is 13.2 Å². The van der Waals surface area contributed by atoms with Crippen molar-refractivity contribution >= 4 is 17.5 Å². The molecule has 0 unspecified atom stereocenters. The molecule has 3 aromatic rings. The van der Waals surface area contributed by atoms with Gasteiger partial charge in [0.05, 0.1) is 5.56 Å². The molecule has 1 fully saturated rings. The van der Waals surface area contributed by atoms with Crippen LogP contribution in [0.15, 0.2) is 54.9 Å². The zero-order valence-corrected chi connectivity index (χ0v) is 17.7. The lowest BCUT2D eigenvalue weighted by Crippen LogP contribution is -2.14. The maximum atomic E-state index is 14.5. The van der Waals surface area contributed by atoms with Crippen LogP contribution in [0.25, 0.3) is 0 Å². The number of nitrogens with zero attached hydrogens (tertiary/aromatic N) is 2. The zero-order chi connectivity index (χ0) is 24.3. The van der Waals surface area contributed by atoms with E-state index in [9.17, 15) is 27.2 Å². The maximum absolute atomic E-state index is 14.5. The third-order valence-electron chi connectivity index (χ3n) is 5.13. The number of halogens is 4. The number of ketones is 1. The smallest absolute Gasteiger partial charge is 0.416 e. The summed E-state index contributed by atoms with van der Waals surface area (Å²) in [4.78, 5) is 32.1. The second kappa shape index (κ2) is 9.58. The number of hydrogen-bond acceptors (Lipinski definition) is 5. The van der Waals surface area contributed by atoms with E-state index in [4.69, 9.17) is 4.74 Å². The lowest BCUT2D eigenvalue weighted by molar-refractivity contribution is -0.137. The van der Waals surface area contributed by atoms with Crippen LogP contribution in [0.3, 0.4) is 0 Å². The first-order valence-electron chi connectivity index (χ1n) is 10.4. The largest absolute Gasteiger partial charge is 0.439 e. The Hall–Kier alpha value is -3.82. The van der Waals surface area contributed by atoms with Crippen LogP contribution in [0, 0.1) is 11.7 Å². The molecule has 2 aromatic carbocycles. The molecular weight excluding hydrogens is 454 g/mol. The normalized spacial score (nSPS) is 13.4. The molecule has 1 heterocycles. The Kier molecular flexibility index (Phi) is 6.58. The van der Waals surface area contributed by atoms with Gasteiger partial charge < -0.3 is 10.1 Å². The second-order valence-electron chi connectivity index (χ2n) is 7.95. The van der Waals surface area contributed by atoms with Gasteiger partial charge in [-0.3, -0.25) is 9.59 Å². The van der Waals surface area contributed by atoms with Gasteiger partial charge in [-0.1, -0.05) is 24.3 Å². The number of Topliss-reactive ketones (excluding diaryl/α,β-unsaturated/α-hetero) is 1. The first-order valence-corrected chi connectivity index (χ1v) is 10.4. The Balaban J connectivity index is 1.38. The van der Waals surface area contributed by atoms with Gasteiger partial charge in [0.25, 0.3) is 0 Å². The molecule has 4 rings (SSSR count). The monoisotopic (exact) mass is 473 g/mol. The van der Waals surface area contributed by atoms with Crippen molar-refractivity contribution in [3.63, 3.8) is 0 Å². The molecule has 10 heteroatoms. The van der Waals surface area contributed by atoms with Gasteiger partial charge in [-0.05, 0) is 36.1 Å². The average Bonchev–Trinajstić information content (AvgIpc) is 3.61. The Bertz CT molecular complexity index is 1230. The fourth-order valence-corrected chi connectivity index (χ4v) is 3.25. The predicted octanol–water partition coefficient (Wildman–Crippen LogP) is 5.13. The molecule has 1 N–H and O–H groups in total. The summed E-state index contributed by atoms with van der Waals surface area (Å²) >= 11 is 0. The summed E-state index contributed by atoms with van der Waals surface area (Å²) in [6.07, 6.45) is -2.16. The van der Waals surface area contributed by atoms with E-state index in [-0.39, 0.29) is 53.2 Å². The van der Waals surface area contributed by atoms with Crippen LogP contribution in [-0.2, 0) is 28.6 Å². The van der Waals surface area contributed by atoms with Crippen molar-refractivity contribution in [2.75, 3.05) is 5.32 Å². The van der Waals surface area contributed by atoms with Crippen molar-refractivity contribution in [3.8, 4) is 11.6 Å². The summed E-state index contributed by atoms with van der Waals surface area (Å²) in [5.41, 5.74) is -0.552. The highest BCUT2D eigenvalue weighted by molar-refractivity contribution is 5.93. The molecule has 0 radical (unpaired) electrons. The molecule has 0 bridgehead atoms. The Morgan fingerprint density at radius 3 is 2.53 bits per heavy atom. The molecule has 0 atom stereocenters. The minimum absolute atomic E-state index is 0.00253. The molecular formula is C24H19F4N3O3. The van der Waals surface area contributed by atoms with Crippen molar-refractivity contribution < 1.29 is 31.9 Å². The van der Waals surface area contributed by atoms with E-state index in [0.717, 1.165) is 31.0 Å². The number of benzene rings is 2. The van der Waals surface area contributed by atoms with E-state index < -0.39 is 23.3 Å². The van der Waals surface area contributed by atoms with Gasteiger partial charge in [-0.25, -0.2) is 14.4 Å². The van der Waals surface area contributed by atoms with Crippen LogP contribution in [-0.4, -0.2) is 21.7 Å². The zero-order valence-electron chi connectivity index (χ0n) is 17.7. The Morgan fingerprint density at radius 2 is 1.82 bits per heavy atom. The van der Waals surface area contributed by atoms with Crippen molar-refractivity contribution in [1.82, 2.24) is 9.97 Å². The minimum atomic E-state index is -4.51. The second-order valence-corrected chi connectivity index (χ2v) is 7.95. The predicted molar refractivity (Wildman–Crippen MR) is 114 cm³/mol. The number of carbonyl (C=O) groups is 2. The third kappa shape index (κ3) is 6.15. The standard InChI is InChI=1S/C24H19F4N3O3/c25-20-11-19(34-22-12-21(29-13-30-22)31-23(33)15-4-5-15)7-6-16(20)10-18(32)9-14-2-1-3-17(8-14)24(26,27)28/h1-3,6-8,11-13,15H,4-5,9-10H2,(H,29,30,31,33). The number of hydrogen-bond donors (Lipinski definition) is 1. The van der Waals surface area contributed by atoms with Gasteiger partial charge in [-0.15, -0.1) is 0 Å². The summed E-state index contributed by atoms with van der Waals surface area (Å²) in [7, 11) is 0. The molecule has 0 spiro atoms. The Morgan fingerprint density at radius 1 is 1.03 bits per heavy atom. The molecule has 1 saturated carbocycles. The average molecular weight is 473 g/mol. The minimum Gasteiger partial charge on any atom is -0.439 e. The molecule has 1 amide bonds. The maximum Gasteiger partial charge on any atom is 0.416 e. The number of ether oxygens (including phenoxy) is 1. The van der Waals surface area contributed by atoms with E-state index in [1.54, 1.807) is 0 Å². The number of anilines is 1. The van der Waals surface area contributed by atoms with E-state index in [2.05, 4.69) is 15.3 Å². The number of alkyl halides is 3. The fourth-order valence-electron chi connectivity index (χ4n) is 3.25. The van der Waals surface area contributed by atoms with Crippen LogP contribution in [0.1, 0.15) is 29.5 Å². The van der Waals surface area contributed by atoms with Crippen molar-refractivity contribution in [1.29, 1.82) is 0 Å². The summed E-state index contributed by atoms with van der Waals surface area (Å²) < 4.78 is 58.6. The number of nitrogens with one attached hydrogen (secondary N) is 1. The molecule has 1 aliphatic rings. The molecule has 176 valence electrons. The van der Waals surface area contributed by atoms with Gasteiger partial charge in [0.15, 0.2) is 0 Å². The number of carbonyl (C=O) groups excluding carboxylic acids is 2. The van der Waals surface area contributed by atoms with Crippen molar-refractivity contribution in [2.24, 2.45) is 5.92 Å². The highest BCUT2D eigenvalue weighted by Crippen LogP contribution is 2.31. The van der Waals surface area contributed by atoms with Crippen LogP contribution in [0.5, 0.6) is 11.6 Å². The van der Waals surface area contributed by atoms with Crippen molar-refractivity contribution in [2.45, 2.75) is 31.9 Å². The van der Waals surface area contributed by atoms with E-state index in [1.807, 2.05) is 0 Å². The summed E-state index contributed by atoms with van der Waals surface area (Å²) in [6.45, 7) is 0. The highest BCUT2D eigenvalue weighted by atomic mass is 19.4. The van der Waals surface area contributed by atoms with E-state index >= 15 is 0 Å². The SMILES string of the molecule is O=C(Cc1cccc(C(F)(F)F)c1)Cc1ccc(Oc2cc(NC(=O)C3CC3)ncn2)cc1F. The first kappa shape index (κ1) is 23.3. The quantitative estimate of drug-likeness (QED) is 0.459. The molecule has 0 aliphatic heterocycles. The van der Waals surface area contributed by atoms with Crippen LogP contribution in [0.4, 0.5) is 23.4 Å². The van der Waals surface area contributed by atoms with Gasteiger partial charge >= 0.3 is 6.18 Å². The Labute approximate surface area is 192 Å². The lowest BCUT2D eigenvalue weighted by atomic mass is 10.0. The van der Waals surface area contributed by atoms with Crippen molar-refractivity contribution in [3.05, 3.63) is 77.4 Å². The molecule has 1 aliphatic carbocycles. The van der Waals surface area contributed by atoms with Crippen LogP contribution in [0.2, 0.25) is 0 Å². The number of amides is 1.